The third-order valence-corrected chi connectivity index (χ3v) is 2.23. The van der Waals surface area contributed by atoms with E-state index in [0.717, 1.165) is 0 Å². The van der Waals surface area contributed by atoms with Gasteiger partial charge in [-0.1, -0.05) is 17.4 Å². The lowest BCUT2D eigenvalue weighted by Crippen LogP contribution is -2.02. The number of benzene rings is 1. The summed E-state index contributed by atoms with van der Waals surface area (Å²) in [5.74, 6) is -0.0693. The van der Waals surface area contributed by atoms with Crippen LogP contribution in [0.15, 0.2) is 40.5 Å². The molecule has 5 heteroatoms. The van der Waals surface area contributed by atoms with E-state index < -0.39 is 5.82 Å². The first-order valence-electron chi connectivity index (χ1n) is 4.13. The number of rotatable bonds is 2. The van der Waals surface area contributed by atoms with Gasteiger partial charge in [0, 0.05) is 17.5 Å². The first-order chi connectivity index (χ1) is 7.24. The molecule has 0 amide bonds. The van der Waals surface area contributed by atoms with Gasteiger partial charge in [0.2, 0.25) is 0 Å². The molecule has 15 heavy (non-hydrogen) atoms. The Hall–Kier alpha value is -1.75. The van der Waals surface area contributed by atoms with Crippen molar-refractivity contribution >= 4 is 11.3 Å². The Morgan fingerprint density at radius 3 is 2.93 bits per heavy atom. The van der Waals surface area contributed by atoms with Gasteiger partial charge in [0.1, 0.15) is 11.6 Å². The Morgan fingerprint density at radius 2 is 2.20 bits per heavy atom. The van der Waals surface area contributed by atoms with E-state index in [1.807, 2.05) is 0 Å². The number of ether oxygens (including phenoxy) is 1. The smallest absolute Gasteiger partial charge is 0.282 e. The van der Waals surface area contributed by atoms with Crippen molar-refractivity contribution in [2.75, 3.05) is 0 Å². The first kappa shape index (κ1) is 9.79. The molecule has 0 bridgehead atoms. The normalized spacial score (nSPS) is 9.93. The summed E-state index contributed by atoms with van der Waals surface area (Å²) in [6, 6.07) is 6.99. The second-order valence-corrected chi connectivity index (χ2v) is 3.55. The highest BCUT2D eigenvalue weighted by Crippen LogP contribution is 2.21. The van der Waals surface area contributed by atoms with Crippen LogP contribution in [0.25, 0.3) is 0 Å². The van der Waals surface area contributed by atoms with Crippen LogP contribution in [0, 0.1) is 5.82 Å². The molecular weight excluding hydrogens is 217 g/mol. The number of hydrogen-bond acceptors (Lipinski definition) is 4. The van der Waals surface area contributed by atoms with Gasteiger partial charge in [0.25, 0.3) is 10.8 Å². The summed E-state index contributed by atoms with van der Waals surface area (Å²) >= 11 is 1.17. The lowest BCUT2D eigenvalue weighted by molar-refractivity contribution is 0.470. The summed E-state index contributed by atoms with van der Waals surface area (Å²) in [6.45, 7) is 0. The van der Waals surface area contributed by atoms with Crippen molar-refractivity contribution < 1.29 is 9.13 Å². The quantitative estimate of drug-likeness (QED) is 0.784. The van der Waals surface area contributed by atoms with Crippen LogP contribution >= 0.6 is 11.3 Å². The van der Waals surface area contributed by atoms with Gasteiger partial charge < -0.3 is 4.74 Å². The van der Waals surface area contributed by atoms with Gasteiger partial charge in [0.05, 0.1) is 0 Å². The monoisotopic (exact) mass is 223 g/mol. The Labute approximate surface area is 88.8 Å². The maximum atomic E-state index is 12.8. The number of nitrogens with zero attached hydrogens (tertiary/aromatic N) is 1. The van der Waals surface area contributed by atoms with Crippen LogP contribution in [0.4, 0.5) is 4.39 Å². The molecule has 0 saturated carbocycles. The molecule has 3 nitrogen and oxygen atoms in total. The molecule has 0 unspecified atom stereocenters. The molecule has 1 aromatic heterocycles. The molecule has 0 saturated heterocycles. The highest BCUT2D eigenvalue weighted by atomic mass is 32.1. The molecule has 76 valence electrons. The second-order valence-electron chi connectivity index (χ2n) is 2.70. The Kier molecular flexibility index (Phi) is 2.73. The van der Waals surface area contributed by atoms with Crippen molar-refractivity contribution in [1.82, 2.24) is 4.98 Å². The standard InChI is InChI=1S/C10H6FNO2S/c11-7-2-1-3-8(6-7)14-10-12-9(13)4-5-15-10/h1-6H. The van der Waals surface area contributed by atoms with Gasteiger partial charge in [-0.25, -0.2) is 4.39 Å². The number of aromatic nitrogens is 1. The molecule has 1 heterocycles. The van der Waals surface area contributed by atoms with Crippen molar-refractivity contribution in [3.8, 4) is 10.9 Å². The summed E-state index contributed by atoms with van der Waals surface area (Å²) in [5, 5.41) is 1.78. The SMILES string of the molecule is O=c1ccsc(Oc2cccc(F)c2)n1. The molecule has 0 radical (unpaired) electrons. The maximum absolute atomic E-state index is 12.8. The minimum Gasteiger partial charge on any atom is -0.431 e. The van der Waals surface area contributed by atoms with E-state index in [0.29, 0.717) is 5.75 Å². The summed E-state index contributed by atoms with van der Waals surface area (Å²) in [4.78, 5) is 14.5. The molecule has 0 atom stereocenters. The zero-order chi connectivity index (χ0) is 10.7. The molecule has 0 N–H and O–H groups in total. The minimum absolute atomic E-state index is 0.202. The molecule has 0 aliphatic heterocycles. The molecule has 1 aromatic carbocycles. The van der Waals surface area contributed by atoms with E-state index in [9.17, 15) is 9.18 Å². The van der Waals surface area contributed by atoms with Crippen LogP contribution in [0.2, 0.25) is 0 Å². The third-order valence-electron chi connectivity index (χ3n) is 1.58. The Morgan fingerprint density at radius 1 is 1.33 bits per heavy atom. The fourth-order valence-corrected chi connectivity index (χ4v) is 1.57. The highest BCUT2D eigenvalue weighted by molar-refractivity contribution is 7.11. The zero-order valence-electron chi connectivity index (χ0n) is 7.51. The van der Waals surface area contributed by atoms with Crippen LogP contribution < -0.4 is 10.3 Å². The molecule has 0 aliphatic rings. The topological polar surface area (TPSA) is 39.2 Å². The van der Waals surface area contributed by atoms with E-state index in [1.54, 1.807) is 11.4 Å². The average molecular weight is 223 g/mol. The first-order valence-corrected chi connectivity index (χ1v) is 5.01. The van der Waals surface area contributed by atoms with E-state index in [2.05, 4.69) is 4.98 Å². The van der Waals surface area contributed by atoms with Crippen molar-refractivity contribution in [3.63, 3.8) is 0 Å². The fourth-order valence-electron chi connectivity index (χ4n) is 0.982. The largest absolute Gasteiger partial charge is 0.431 e. The molecule has 0 aliphatic carbocycles. The van der Waals surface area contributed by atoms with Crippen LogP contribution in [-0.2, 0) is 0 Å². The van der Waals surface area contributed by atoms with Crippen LogP contribution in [0.3, 0.4) is 0 Å². The van der Waals surface area contributed by atoms with Crippen molar-refractivity contribution in [3.05, 3.63) is 51.9 Å². The summed E-state index contributed by atoms with van der Waals surface area (Å²) in [5.41, 5.74) is -0.375. The Bertz CT molecular complexity index is 527. The zero-order valence-corrected chi connectivity index (χ0v) is 8.33. The minimum atomic E-state index is -0.393. The highest BCUT2D eigenvalue weighted by Gasteiger charge is 2.00. The second kappa shape index (κ2) is 4.18. The van der Waals surface area contributed by atoms with Crippen LogP contribution in [0.5, 0.6) is 10.9 Å². The molecular formula is C10H6FNO2S. The van der Waals surface area contributed by atoms with Crippen LogP contribution in [0.1, 0.15) is 0 Å². The number of hydrogen-bond donors (Lipinski definition) is 0. The fraction of sp³-hybridized carbons (Fsp3) is 0. The Balaban J connectivity index is 2.26. The summed E-state index contributed by atoms with van der Waals surface area (Å²) in [7, 11) is 0. The average Bonchev–Trinajstić information content (AvgIpc) is 2.17. The lowest BCUT2D eigenvalue weighted by atomic mass is 10.3. The molecule has 0 spiro atoms. The predicted molar refractivity (Wildman–Crippen MR) is 54.9 cm³/mol. The predicted octanol–water partition coefficient (Wildman–Crippen LogP) is 2.43. The molecule has 0 fully saturated rings. The van der Waals surface area contributed by atoms with Crippen molar-refractivity contribution in [2.45, 2.75) is 0 Å². The van der Waals surface area contributed by atoms with Gasteiger partial charge in [-0.15, -0.1) is 0 Å². The van der Waals surface area contributed by atoms with Gasteiger partial charge in [-0.2, -0.15) is 4.98 Å². The van der Waals surface area contributed by atoms with Crippen molar-refractivity contribution in [2.24, 2.45) is 0 Å². The maximum Gasteiger partial charge on any atom is 0.282 e. The van der Waals surface area contributed by atoms with Crippen molar-refractivity contribution in [1.29, 1.82) is 0 Å². The number of halogens is 1. The molecule has 2 aromatic rings. The lowest BCUT2D eigenvalue weighted by Gasteiger charge is -2.01. The van der Waals surface area contributed by atoms with E-state index in [1.165, 1.54) is 35.6 Å². The van der Waals surface area contributed by atoms with Gasteiger partial charge in [-0.3, -0.25) is 4.79 Å². The van der Waals surface area contributed by atoms with Crippen LogP contribution in [-0.4, -0.2) is 4.98 Å². The summed E-state index contributed by atoms with van der Waals surface area (Å²) < 4.78 is 18.0. The van der Waals surface area contributed by atoms with E-state index in [-0.39, 0.29) is 10.8 Å². The van der Waals surface area contributed by atoms with Gasteiger partial charge >= 0.3 is 0 Å². The van der Waals surface area contributed by atoms with Gasteiger partial charge in [0.15, 0.2) is 0 Å². The van der Waals surface area contributed by atoms with Gasteiger partial charge in [-0.05, 0) is 12.1 Å². The van der Waals surface area contributed by atoms with E-state index in [4.69, 9.17) is 4.74 Å². The third kappa shape index (κ3) is 2.60. The summed E-state index contributed by atoms with van der Waals surface area (Å²) in [6.07, 6.45) is 0. The molecule has 2 rings (SSSR count). The van der Waals surface area contributed by atoms with E-state index >= 15 is 0 Å².